The van der Waals surface area contributed by atoms with E-state index >= 15 is 0 Å². The van der Waals surface area contributed by atoms with Crippen LogP contribution in [0.25, 0.3) is 0 Å². The van der Waals surface area contributed by atoms with E-state index in [2.05, 4.69) is 11.4 Å². The quantitative estimate of drug-likeness (QED) is 0.849. The smallest absolute Gasteiger partial charge is 0.224 e. The predicted octanol–water partition coefficient (Wildman–Crippen LogP) is 3.73. The summed E-state index contributed by atoms with van der Waals surface area (Å²) in [5.41, 5.74) is 0.185. The maximum absolute atomic E-state index is 13.3. The zero-order valence-corrected chi connectivity index (χ0v) is 11.3. The summed E-state index contributed by atoms with van der Waals surface area (Å²) in [5.74, 6) is -0.394. The second-order valence-corrected chi connectivity index (χ2v) is 5.02. The number of amides is 1. The van der Waals surface area contributed by atoms with Crippen LogP contribution in [0.4, 0.5) is 10.1 Å². The number of anilines is 1. The van der Waals surface area contributed by atoms with Gasteiger partial charge in [0.25, 0.3) is 0 Å². The number of benzene rings is 1. The molecule has 1 unspecified atom stereocenters. The van der Waals surface area contributed by atoms with Crippen molar-refractivity contribution in [2.24, 2.45) is 11.8 Å². The highest BCUT2D eigenvalue weighted by atomic mass is 19.1. The van der Waals surface area contributed by atoms with Gasteiger partial charge >= 0.3 is 0 Å². The van der Waals surface area contributed by atoms with Gasteiger partial charge in [-0.3, -0.25) is 4.79 Å². The second-order valence-electron chi connectivity index (χ2n) is 5.02. The summed E-state index contributed by atoms with van der Waals surface area (Å²) in [6.45, 7) is 4.09. The lowest BCUT2D eigenvalue weighted by molar-refractivity contribution is -0.116. The van der Waals surface area contributed by atoms with Crippen LogP contribution in [0.2, 0.25) is 0 Å². The van der Waals surface area contributed by atoms with Crippen LogP contribution in [0.3, 0.4) is 0 Å². The third-order valence-corrected chi connectivity index (χ3v) is 2.81. The molecule has 3 nitrogen and oxygen atoms in total. The summed E-state index contributed by atoms with van der Waals surface area (Å²) < 4.78 is 13.3. The summed E-state index contributed by atoms with van der Waals surface area (Å²) in [6, 6.07) is 8.26. The molecule has 1 N–H and O–H groups in total. The molecule has 0 aliphatic rings. The van der Waals surface area contributed by atoms with Gasteiger partial charge in [-0.15, -0.1) is 0 Å². The highest BCUT2D eigenvalue weighted by Crippen LogP contribution is 2.18. The lowest BCUT2D eigenvalue weighted by atomic mass is 9.94. The molecule has 0 bridgehead atoms. The standard InChI is InChI=1S/C15H19FN2O/c1-11(2)9-12(10-17)7-8-15(19)18-14-6-4-3-5-13(14)16/h3-6,11-12H,7-9H2,1-2H3,(H,18,19). The Morgan fingerprint density at radius 3 is 2.68 bits per heavy atom. The number of carbonyl (C=O) groups excluding carboxylic acids is 1. The zero-order chi connectivity index (χ0) is 14.3. The Morgan fingerprint density at radius 2 is 2.11 bits per heavy atom. The molecule has 0 heterocycles. The Balaban J connectivity index is 2.44. The van der Waals surface area contributed by atoms with E-state index in [0.29, 0.717) is 12.3 Å². The molecule has 102 valence electrons. The number of carbonyl (C=O) groups is 1. The van der Waals surface area contributed by atoms with E-state index in [9.17, 15) is 9.18 Å². The largest absolute Gasteiger partial charge is 0.324 e. The van der Waals surface area contributed by atoms with Crippen LogP contribution in [0.5, 0.6) is 0 Å². The third-order valence-electron chi connectivity index (χ3n) is 2.81. The van der Waals surface area contributed by atoms with Gasteiger partial charge in [0.05, 0.1) is 11.8 Å². The summed E-state index contributed by atoms with van der Waals surface area (Å²) in [7, 11) is 0. The van der Waals surface area contributed by atoms with Crippen LogP contribution in [0, 0.1) is 29.0 Å². The Bertz CT molecular complexity index is 465. The molecular weight excluding hydrogens is 243 g/mol. The minimum Gasteiger partial charge on any atom is -0.324 e. The molecular formula is C15H19FN2O. The monoisotopic (exact) mass is 262 g/mol. The highest BCUT2D eigenvalue weighted by molar-refractivity contribution is 5.90. The average Bonchev–Trinajstić information content (AvgIpc) is 2.37. The van der Waals surface area contributed by atoms with Crippen LogP contribution < -0.4 is 5.32 Å². The van der Waals surface area contributed by atoms with Gasteiger partial charge in [-0.1, -0.05) is 26.0 Å². The van der Waals surface area contributed by atoms with Gasteiger partial charge in [0.2, 0.25) is 5.91 Å². The molecule has 0 aromatic heterocycles. The van der Waals surface area contributed by atoms with Crippen molar-refractivity contribution in [3.8, 4) is 6.07 Å². The van der Waals surface area contributed by atoms with E-state index in [4.69, 9.17) is 5.26 Å². The van der Waals surface area contributed by atoms with Crippen molar-refractivity contribution in [1.29, 1.82) is 5.26 Å². The lowest BCUT2D eigenvalue weighted by Gasteiger charge is -2.11. The van der Waals surface area contributed by atoms with Crippen molar-refractivity contribution in [3.63, 3.8) is 0 Å². The van der Waals surface area contributed by atoms with Crippen molar-refractivity contribution in [3.05, 3.63) is 30.1 Å². The molecule has 0 saturated carbocycles. The van der Waals surface area contributed by atoms with Crippen molar-refractivity contribution in [2.45, 2.75) is 33.1 Å². The average molecular weight is 262 g/mol. The lowest BCUT2D eigenvalue weighted by Crippen LogP contribution is -2.14. The Hall–Kier alpha value is -1.89. The number of hydrogen-bond donors (Lipinski definition) is 1. The number of hydrogen-bond acceptors (Lipinski definition) is 2. The molecule has 0 spiro atoms. The first-order valence-corrected chi connectivity index (χ1v) is 6.47. The van der Waals surface area contributed by atoms with E-state index in [1.54, 1.807) is 12.1 Å². The van der Waals surface area contributed by atoms with Crippen LogP contribution >= 0.6 is 0 Å². The number of nitriles is 1. The normalized spacial score (nSPS) is 11.9. The number of nitrogens with zero attached hydrogens (tertiary/aromatic N) is 1. The maximum Gasteiger partial charge on any atom is 0.224 e. The van der Waals surface area contributed by atoms with Crippen LogP contribution in [0.1, 0.15) is 33.1 Å². The Labute approximate surface area is 113 Å². The van der Waals surface area contributed by atoms with E-state index < -0.39 is 5.82 Å². The molecule has 0 aliphatic carbocycles. The fourth-order valence-corrected chi connectivity index (χ4v) is 1.88. The fraction of sp³-hybridized carbons (Fsp3) is 0.467. The van der Waals surface area contributed by atoms with Gasteiger partial charge in [0.1, 0.15) is 5.82 Å². The van der Waals surface area contributed by atoms with Crippen molar-refractivity contribution in [2.75, 3.05) is 5.32 Å². The van der Waals surface area contributed by atoms with Gasteiger partial charge in [0, 0.05) is 12.3 Å². The van der Waals surface area contributed by atoms with E-state index in [0.717, 1.165) is 6.42 Å². The number of halogens is 1. The SMILES string of the molecule is CC(C)CC(C#N)CCC(=O)Nc1ccccc1F. The summed E-state index contributed by atoms with van der Waals surface area (Å²) >= 11 is 0. The second kappa shape index (κ2) is 7.52. The Kier molecular flexibility index (Phi) is 6.01. The fourth-order valence-electron chi connectivity index (χ4n) is 1.88. The van der Waals surface area contributed by atoms with Crippen molar-refractivity contribution < 1.29 is 9.18 Å². The van der Waals surface area contributed by atoms with E-state index in [-0.39, 0.29) is 23.9 Å². The van der Waals surface area contributed by atoms with Gasteiger partial charge in [-0.25, -0.2) is 4.39 Å². The van der Waals surface area contributed by atoms with Gasteiger partial charge in [0.15, 0.2) is 0 Å². The summed E-state index contributed by atoms with van der Waals surface area (Å²) in [5, 5.41) is 11.5. The van der Waals surface area contributed by atoms with Crippen molar-refractivity contribution in [1.82, 2.24) is 0 Å². The summed E-state index contributed by atoms with van der Waals surface area (Å²) in [6.07, 6.45) is 1.53. The number of rotatable bonds is 6. The molecule has 0 radical (unpaired) electrons. The molecule has 19 heavy (non-hydrogen) atoms. The molecule has 0 fully saturated rings. The number of nitrogens with one attached hydrogen (secondary N) is 1. The molecule has 0 aliphatic heterocycles. The van der Waals surface area contributed by atoms with Crippen molar-refractivity contribution >= 4 is 11.6 Å². The van der Waals surface area contributed by atoms with E-state index in [1.807, 2.05) is 13.8 Å². The first-order chi connectivity index (χ1) is 9.02. The molecule has 0 saturated heterocycles. The molecule has 1 rings (SSSR count). The molecule has 1 aromatic rings. The minimum absolute atomic E-state index is 0.119. The van der Waals surface area contributed by atoms with E-state index in [1.165, 1.54) is 12.1 Å². The summed E-state index contributed by atoms with van der Waals surface area (Å²) in [4.78, 5) is 11.7. The Morgan fingerprint density at radius 1 is 1.42 bits per heavy atom. The van der Waals surface area contributed by atoms with Crippen LogP contribution in [0.15, 0.2) is 24.3 Å². The molecule has 1 aromatic carbocycles. The van der Waals surface area contributed by atoms with Gasteiger partial charge in [-0.05, 0) is 30.9 Å². The molecule has 4 heteroatoms. The minimum atomic E-state index is -0.449. The highest BCUT2D eigenvalue weighted by Gasteiger charge is 2.13. The predicted molar refractivity (Wildman–Crippen MR) is 72.8 cm³/mol. The van der Waals surface area contributed by atoms with Crippen LogP contribution in [-0.2, 0) is 4.79 Å². The zero-order valence-electron chi connectivity index (χ0n) is 11.3. The van der Waals surface area contributed by atoms with Crippen LogP contribution in [-0.4, -0.2) is 5.91 Å². The first-order valence-electron chi connectivity index (χ1n) is 6.47. The molecule has 1 atom stereocenters. The number of para-hydroxylation sites is 1. The molecule has 1 amide bonds. The van der Waals surface area contributed by atoms with Gasteiger partial charge in [-0.2, -0.15) is 5.26 Å². The topological polar surface area (TPSA) is 52.9 Å². The first kappa shape index (κ1) is 15.2. The third kappa shape index (κ3) is 5.52. The van der Waals surface area contributed by atoms with Gasteiger partial charge < -0.3 is 5.32 Å². The maximum atomic E-state index is 13.3.